The van der Waals surface area contributed by atoms with Gasteiger partial charge in [0.25, 0.3) is 0 Å². The number of anilines is 2. The fraction of sp³-hybridized carbons (Fsp3) is 0.250. The SMILES string of the molecule is C.Cc1ccnc(N)c1.Cc1ccnc(N)n1. The number of nitrogens with two attached hydrogens (primary N) is 2. The Morgan fingerprint density at radius 3 is 2.00 bits per heavy atom. The van der Waals surface area contributed by atoms with Crippen LogP contribution < -0.4 is 11.5 Å². The molecule has 0 spiro atoms. The van der Waals surface area contributed by atoms with Crippen LogP contribution >= 0.6 is 0 Å². The predicted molar refractivity (Wildman–Crippen MR) is 71.3 cm³/mol. The van der Waals surface area contributed by atoms with Gasteiger partial charge in [0.05, 0.1) is 0 Å². The standard InChI is InChI=1S/C6H8N2.C5H7N3.CH4/c1-5-2-3-8-6(7)4-5;1-4-2-3-7-5(6)8-4;/h2-4H,1H3,(H2,7,8);2-3H,1H3,(H2,6,7,8);1H4. The van der Waals surface area contributed by atoms with Crippen LogP contribution in [0, 0.1) is 13.8 Å². The van der Waals surface area contributed by atoms with Crippen LogP contribution in [0.3, 0.4) is 0 Å². The van der Waals surface area contributed by atoms with E-state index in [1.807, 2.05) is 26.0 Å². The third-order valence-corrected chi connectivity index (χ3v) is 1.75. The lowest BCUT2D eigenvalue weighted by Gasteiger charge is -1.90. The van der Waals surface area contributed by atoms with Crippen molar-refractivity contribution in [1.29, 1.82) is 0 Å². The molecule has 5 heteroatoms. The van der Waals surface area contributed by atoms with E-state index in [2.05, 4.69) is 15.0 Å². The predicted octanol–water partition coefficient (Wildman–Crippen LogP) is 1.98. The molecule has 92 valence electrons. The summed E-state index contributed by atoms with van der Waals surface area (Å²) in [5, 5.41) is 0. The molecule has 0 aliphatic heterocycles. The van der Waals surface area contributed by atoms with Crippen LogP contribution in [0.5, 0.6) is 0 Å². The van der Waals surface area contributed by atoms with Crippen molar-refractivity contribution >= 4 is 11.8 Å². The van der Waals surface area contributed by atoms with Crippen molar-refractivity contribution < 1.29 is 0 Å². The zero-order valence-corrected chi connectivity index (χ0v) is 9.38. The molecule has 17 heavy (non-hydrogen) atoms. The van der Waals surface area contributed by atoms with E-state index in [1.54, 1.807) is 18.5 Å². The first-order chi connectivity index (χ1) is 7.58. The monoisotopic (exact) mass is 233 g/mol. The maximum absolute atomic E-state index is 5.35. The molecule has 0 aromatic carbocycles. The van der Waals surface area contributed by atoms with E-state index < -0.39 is 0 Å². The van der Waals surface area contributed by atoms with Gasteiger partial charge in [-0.25, -0.2) is 15.0 Å². The molecule has 0 saturated carbocycles. The number of aryl methyl sites for hydroxylation is 2. The van der Waals surface area contributed by atoms with Crippen molar-refractivity contribution in [2.75, 3.05) is 11.5 Å². The summed E-state index contributed by atoms with van der Waals surface area (Å²) in [4.78, 5) is 11.4. The van der Waals surface area contributed by atoms with Gasteiger partial charge < -0.3 is 11.5 Å². The molecule has 2 rings (SSSR count). The molecule has 0 aliphatic rings. The van der Waals surface area contributed by atoms with Crippen molar-refractivity contribution in [2.45, 2.75) is 21.3 Å². The Labute approximate surface area is 102 Å². The van der Waals surface area contributed by atoms with Crippen molar-refractivity contribution in [3.8, 4) is 0 Å². The summed E-state index contributed by atoms with van der Waals surface area (Å²) in [6, 6.07) is 5.55. The molecule has 5 nitrogen and oxygen atoms in total. The maximum atomic E-state index is 5.35. The summed E-state index contributed by atoms with van der Waals surface area (Å²) >= 11 is 0. The summed E-state index contributed by atoms with van der Waals surface area (Å²) in [6.45, 7) is 3.86. The minimum absolute atomic E-state index is 0. The van der Waals surface area contributed by atoms with Gasteiger partial charge in [-0.05, 0) is 37.6 Å². The van der Waals surface area contributed by atoms with E-state index in [1.165, 1.54) is 0 Å². The number of hydrogen-bond acceptors (Lipinski definition) is 5. The lowest BCUT2D eigenvalue weighted by atomic mass is 10.3. The Morgan fingerprint density at radius 2 is 1.65 bits per heavy atom. The van der Waals surface area contributed by atoms with Gasteiger partial charge in [-0.3, -0.25) is 0 Å². The summed E-state index contributed by atoms with van der Waals surface area (Å²) in [5.41, 5.74) is 12.6. The smallest absolute Gasteiger partial charge is 0.220 e. The van der Waals surface area contributed by atoms with Crippen molar-refractivity contribution in [3.63, 3.8) is 0 Å². The van der Waals surface area contributed by atoms with E-state index in [-0.39, 0.29) is 7.43 Å². The van der Waals surface area contributed by atoms with Gasteiger partial charge in [-0.2, -0.15) is 0 Å². The van der Waals surface area contributed by atoms with E-state index in [4.69, 9.17) is 11.5 Å². The second kappa shape index (κ2) is 7.16. The largest absolute Gasteiger partial charge is 0.384 e. The van der Waals surface area contributed by atoms with Gasteiger partial charge in [-0.1, -0.05) is 7.43 Å². The lowest BCUT2D eigenvalue weighted by molar-refractivity contribution is 1.12. The molecule has 0 bridgehead atoms. The Kier molecular flexibility index (Phi) is 6.25. The number of pyridine rings is 1. The fourth-order valence-electron chi connectivity index (χ4n) is 1.03. The Hall–Kier alpha value is -2.17. The number of rotatable bonds is 0. The van der Waals surface area contributed by atoms with Gasteiger partial charge in [0.15, 0.2) is 0 Å². The average molecular weight is 233 g/mol. The van der Waals surface area contributed by atoms with Crippen LogP contribution in [0.15, 0.2) is 30.6 Å². The van der Waals surface area contributed by atoms with E-state index >= 15 is 0 Å². The Bertz CT molecular complexity index is 378. The van der Waals surface area contributed by atoms with E-state index in [9.17, 15) is 0 Å². The summed E-state index contributed by atoms with van der Waals surface area (Å²) in [6.07, 6.45) is 3.34. The molecule has 0 unspecified atom stereocenters. The van der Waals surface area contributed by atoms with Crippen molar-refractivity contribution in [2.24, 2.45) is 0 Å². The van der Waals surface area contributed by atoms with E-state index in [0.717, 1.165) is 11.3 Å². The molecule has 0 saturated heterocycles. The van der Waals surface area contributed by atoms with Crippen LogP contribution in [0.4, 0.5) is 11.8 Å². The first kappa shape index (κ1) is 14.8. The minimum atomic E-state index is 0. The van der Waals surface area contributed by atoms with Crippen LogP contribution in [0.1, 0.15) is 18.7 Å². The van der Waals surface area contributed by atoms with Crippen molar-refractivity contribution in [1.82, 2.24) is 15.0 Å². The molecule has 0 radical (unpaired) electrons. The number of nitrogen functional groups attached to an aromatic ring is 2. The number of aromatic nitrogens is 3. The zero-order valence-electron chi connectivity index (χ0n) is 9.38. The molecule has 2 aromatic heterocycles. The third kappa shape index (κ3) is 6.09. The first-order valence-electron chi connectivity index (χ1n) is 4.81. The topological polar surface area (TPSA) is 90.7 Å². The highest BCUT2D eigenvalue weighted by molar-refractivity contribution is 5.30. The average Bonchev–Trinajstić information content (AvgIpc) is 2.17. The normalized spacial score (nSPS) is 8.59. The van der Waals surface area contributed by atoms with Gasteiger partial charge in [0.2, 0.25) is 5.95 Å². The highest BCUT2D eigenvalue weighted by atomic mass is 15.0. The van der Waals surface area contributed by atoms with Gasteiger partial charge in [0, 0.05) is 18.1 Å². The molecule has 0 aliphatic carbocycles. The highest BCUT2D eigenvalue weighted by Crippen LogP contribution is 1.98. The maximum Gasteiger partial charge on any atom is 0.220 e. The zero-order chi connectivity index (χ0) is 12.0. The second-order valence-electron chi connectivity index (χ2n) is 3.31. The van der Waals surface area contributed by atoms with E-state index in [0.29, 0.717) is 11.8 Å². The molecular formula is C12H19N5. The lowest BCUT2D eigenvalue weighted by Crippen LogP contribution is -1.93. The molecule has 0 amide bonds. The molecular weight excluding hydrogens is 214 g/mol. The van der Waals surface area contributed by atoms with Crippen LogP contribution in [0.2, 0.25) is 0 Å². The fourth-order valence-corrected chi connectivity index (χ4v) is 1.03. The third-order valence-electron chi connectivity index (χ3n) is 1.75. The summed E-state index contributed by atoms with van der Waals surface area (Å²) in [7, 11) is 0. The Balaban J connectivity index is 0.000000284. The highest BCUT2D eigenvalue weighted by Gasteiger charge is 1.84. The number of nitrogens with zero attached hydrogens (tertiary/aromatic N) is 3. The Morgan fingerprint density at radius 1 is 1.00 bits per heavy atom. The van der Waals surface area contributed by atoms with Crippen molar-refractivity contribution in [3.05, 3.63) is 41.9 Å². The summed E-state index contributed by atoms with van der Waals surface area (Å²) in [5.74, 6) is 0.926. The quantitative estimate of drug-likeness (QED) is 0.726. The van der Waals surface area contributed by atoms with Gasteiger partial charge in [0.1, 0.15) is 5.82 Å². The number of hydrogen-bond donors (Lipinski definition) is 2. The van der Waals surface area contributed by atoms with Gasteiger partial charge >= 0.3 is 0 Å². The van der Waals surface area contributed by atoms with Crippen LogP contribution in [0.25, 0.3) is 0 Å². The molecule has 0 atom stereocenters. The van der Waals surface area contributed by atoms with Crippen LogP contribution in [-0.2, 0) is 0 Å². The molecule has 2 heterocycles. The minimum Gasteiger partial charge on any atom is -0.384 e. The first-order valence-corrected chi connectivity index (χ1v) is 4.81. The van der Waals surface area contributed by atoms with Gasteiger partial charge in [-0.15, -0.1) is 0 Å². The van der Waals surface area contributed by atoms with Crippen LogP contribution in [-0.4, -0.2) is 15.0 Å². The summed E-state index contributed by atoms with van der Waals surface area (Å²) < 4.78 is 0. The molecule has 0 fully saturated rings. The second-order valence-corrected chi connectivity index (χ2v) is 3.31. The molecule has 2 aromatic rings. The molecule has 4 N–H and O–H groups in total.